The Morgan fingerprint density at radius 3 is 2.50 bits per heavy atom. The molecule has 1 aliphatic rings. The van der Waals surface area contributed by atoms with Crippen molar-refractivity contribution in [2.75, 3.05) is 13.1 Å². The van der Waals surface area contributed by atoms with Gasteiger partial charge in [-0.25, -0.2) is 0 Å². The highest BCUT2D eigenvalue weighted by molar-refractivity contribution is 5.91. The number of carbonyl (C=O) groups excluding carboxylic acids is 3. The molecule has 0 radical (unpaired) electrons. The van der Waals surface area contributed by atoms with Crippen molar-refractivity contribution < 1.29 is 14.4 Å². The number of carbonyl (C=O) groups is 3. The van der Waals surface area contributed by atoms with Crippen molar-refractivity contribution in [3.05, 3.63) is 35.9 Å². The average Bonchev–Trinajstić information content (AvgIpc) is 2.93. The number of nitrogens with one attached hydrogen (secondary N) is 1. The lowest BCUT2D eigenvalue weighted by atomic mass is 9.81. The van der Waals surface area contributed by atoms with Crippen molar-refractivity contribution in [1.82, 2.24) is 10.2 Å². The summed E-state index contributed by atoms with van der Waals surface area (Å²) < 4.78 is 0. The zero-order chi connectivity index (χ0) is 23.5. The second-order valence-electron chi connectivity index (χ2n) is 9.50. The van der Waals surface area contributed by atoms with Crippen LogP contribution in [0.25, 0.3) is 0 Å². The van der Waals surface area contributed by atoms with Gasteiger partial charge in [0, 0.05) is 24.9 Å². The molecule has 0 unspecified atom stereocenters. The molecular weight excluding hydrogens is 402 g/mol. The third-order valence-corrected chi connectivity index (χ3v) is 6.39. The summed E-state index contributed by atoms with van der Waals surface area (Å²) in [6, 6.07) is 9.60. The fraction of sp³-hybridized carbons (Fsp3) is 0.654. The van der Waals surface area contributed by atoms with Crippen molar-refractivity contribution in [3.63, 3.8) is 0 Å². The molecule has 6 nitrogen and oxygen atoms in total. The second-order valence-corrected chi connectivity index (χ2v) is 9.50. The number of nitrogens with two attached hydrogens (primary N) is 1. The summed E-state index contributed by atoms with van der Waals surface area (Å²) in [5, 5.41) is 3.02. The molecule has 1 aliphatic heterocycles. The first-order valence-corrected chi connectivity index (χ1v) is 12.3. The Morgan fingerprint density at radius 1 is 1.16 bits per heavy atom. The SMILES string of the molecule is CCCC[C@H](C(N)=O)[C@@H](CC(C)C)C(=O)N[C@H]1CCCCN(CCc2ccccc2)C1=O. The quantitative estimate of drug-likeness (QED) is 0.516. The monoisotopic (exact) mass is 443 g/mol. The molecule has 1 fully saturated rings. The highest BCUT2D eigenvalue weighted by Gasteiger charge is 2.35. The standard InChI is InChI=1S/C26H41N3O3/c1-4-5-13-21(24(27)30)22(18-19(2)3)25(31)28-23-14-9-10-16-29(26(23)32)17-15-20-11-7-6-8-12-20/h6-8,11-12,19,21-23H,4-5,9-10,13-18H2,1-3H3,(H2,27,30)(H,28,31)/t21-,22+,23-/m0/s1. The minimum atomic E-state index is -0.532. The molecule has 3 atom stereocenters. The van der Waals surface area contributed by atoms with E-state index in [2.05, 4.69) is 24.4 Å². The molecule has 1 heterocycles. The molecule has 1 aromatic rings. The van der Waals surface area contributed by atoms with E-state index in [0.29, 0.717) is 32.4 Å². The van der Waals surface area contributed by atoms with E-state index in [1.807, 2.05) is 36.9 Å². The number of primary amides is 1. The first-order valence-electron chi connectivity index (χ1n) is 12.3. The van der Waals surface area contributed by atoms with Gasteiger partial charge in [-0.15, -0.1) is 0 Å². The van der Waals surface area contributed by atoms with Crippen LogP contribution in [0.5, 0.6) is 0 Å². The third kappa shape index (κ3) is 7.95. The summed E-state index contributed by atoms with van der Waals surface area (Å²) in [5.41, 5.74) is 6.90. The summed E-state index contributed by atoms with van der Waals surface area (Å²) in [4.78, 5) is 40.6. The maximum absolute atomic E-state index is 13.3. The second kappa shape index (κ2) is 13.2. The van der Waals surface area contributed by atoms with E-state index in [0.717, 1.165) is 32.1 Å². The lowest BCUT2D eigenvalue weighted by molar-refractivity contribution is -0.139. The molecule has 0 aliphatic carbocycles. The lowest BCUT2D eigenvalue weighted by Gasteiger charge is -2.29. The maximum Gasteiger partial charge on any atom is 0.245 e. The minimum absolute atomic E-state index is 0.0146. The molecule has 0 bridgehead atoms. The molecule has 0 aromatic heterocycles. The Bertz CT molecular complexity index is 735. The molecule has 178 valence electrons. The van der Waals surface area contributed by atoms with E-state index < -0.39 is 23.8 Å². The molecular formula is C26H41N3O3. The summed E-state index contributed by atoms with van der Waals surface area (Å²) >= 11 is 0. The van der Waals surface area contributed by atoms with Crippen LogP contribution in [0.3, 0.4) is 0 Å². The maximum atomic E-state index is 13.3. The van der Waals surface area contributed by atoms with Gasteiger partial charge in [0.2, 0.25) is 17.7 Å². The van der Waals surface area contributed by atoms with Crippen molar-refractivity contribution in [1.29, 1.82) is 0 Å². The Balaban J connectivity index is 2.08. The van der Waals surface area contributed by atoms with Crippen LogP contribution in [0.15, 0.2) is 30.3 Å². The fourth-order valence-corrected chi connectivity index (χ4v) is 4.58. The average molecular weight is 444 g/mol. The van der Waals surface area contributed by atoms with Gasteiger partial charge in [0.25, 0.3) is 0 Å². The minimum Gasteiger partial charge on any atom is -0.369 e. The van der Waals surface area contributed by atoms with E-state index in [9.17, 15) is 14.4 Å². The molecule has 0 spiro atoms. The fourth-order valence-electron chi connectivity index (χ4n) is 4.58. The van der Waals surface area contributed by atoms with Crippen LogP contribution in [0, 0.1) is 17.8 Å². The number of unbranched alkanes of at least 4 members (excludes halogenated alkanes) is 1. The predicted molar refractivity (Wildman–Crippen MR) is 128 cm³/mol. The van der Waals surface area contributed by atoms with Crippen LogP contribution in [0.2, 0.25) is 0 Å². The third-order valence-electron chi connectivity index (χ3n) is 6.39. The topological polar surface area (TPSA) is 92.5 Å². The number of nitrogens with zero attached hydrogens (tertiary/aromatic N) is 1. The smallest absolute Gasteiger partial charge is 0.245 e. The van der Waals surface area contributed by atoms with Crippen LogP contribution in [0.1, 0.15) is 71.3 Å². The van der Waals surface area contributed by atoms with Gasteiger partial charge in [0.15, 0.2) is 0 Å². The van der Waals surface area contributed by atoms with Crippen molar-refractivity contribution >= 4 is 17.7 Å². The Hall–Kier alpha value is -2.37. The van der Waals surface area contributed by atoms with Crippen LogP contribution < -0.4 is 11.1 Å². The predicted octanol–water partition coefficient (Wildman–Crippen LogP) is 3.68. The first-order chi connectivity index (χ1) is 15.3. The number of likely N-dealkylation sites (tertiary alicyclic amines) is 1. The van der Waals surface area contributed by atoms with Gasteiger partial charge in [0.1, 0.15) is 6.04 Å². The van der Waals surface area contributed by atoms with Gasteiger partial charge in [-0.3, -0.25) is 14.4 Å². The van der Waals surface area contributed by atoms with E-state index in [-0.39, 0.29) is 17.7 Å². The number of benzene rings is 1. The normalized spacial score (nSPS) is 18.8. The van der Waals surface area contributed by atoms with Crippen LogP contribution in [0.4, 0.5) is 0 Å². The molecule has 32 heavy (non-hydrogen) atoms. The van der Waals surface area contributed by atoms with Crippen molar-refractivity contribution in [2.45, 2.75) is 78.2 Å². The van der Waals surface area contributed by atoms with Crippen molar-refractivity contribution in [2.24, 2.45) is 23.5 Å². The zero-order valence-electron chi connectivity index (χ0n) is 20.0. The van der Waals surface area contributed by atoms with E-state index in [4.69, 9.17) is 5.73 Å². The van der Waals surface area contributed by atoms with Crippen LogP contribution in [-0.2, 0) is 20.8 Å². The number of rotatable bonds is 12. The van der Waals surface area contributed by atoms with Gasteiger partial charge in [-0.1, -0.05) is 63.9 Å². The molecule has 2 rings (SSSR count). The summed E-state index contributed by atoms with van der Waals surface area (Å²) in [6.07, 6.45) is 6.24. The molecule has 1 aromatic carbocycles. The van der Waals surface area contributed by atoms with E-state index >= 15 is 0 Å². The van der Waals surface area contributed by atoms with Gasteiger partial charge >= 0.3 is 0 Å². The van der Waals surface area contributed by atoms with Crippen LogP contribution >= 0.6 is 0 Å². The Labute approximate surface area is 193 Å². The van der Waals surface area contributed by atoms with E-state index in [1.165, 1.54) is 5.56 Å². The zero-order valence-corrected chi connectivity index (χ0v) is 20.0. The van der Waals surface area contributed by atoms with Gasteiger partial charge in [0.05, 0.1) is 0 Å². The van der Waals surface area contributed by atoms with Gasteiger partial charge in [-0.2, -0.15) is 0 Å². The number of hydrogen-bond donors (Lipinski definition) is 2. The molecule has 3 N–H and O–H groups in total. The lowest BCUT2D eigenvalue weighted by Crippen LogP contribution is -2.51. The Morgan fingerprint density at radius 2 is 1.88 bits per heavy atom. The van der Waals surface area contributed by atoms with Crippen molar-refractivity contribution in [3.8, 4) is 0 Å². The molecule has 6 heteroatoms. The van der Waals surface area contributed by atoms with Gasteiger partial charge < -0.3 is 16.0 Å². The highest BCUT2D eigenvalue weighted by atomic mass is 16.2. The van der Waals surface area contributed by atoms with Crippen LogP contribution in [-0.4, -0.2) is 41.8 Å². The first kappa shape index (κ1) is 25.9. The largest absolute Gasteiger partial charge is 0.369 e. The number of hydrogen-bond acceptors (Lipinski definition) is 3. The summed E-state index contributed by atoms with van der Waals surface area (Å²) in [5.74, 6) is -1.38. The molecule has 1 saturated heterocycles. The number of amides is 3. The summed E-state index contributed by atoms with van der Waals surface area (Å²) in [7, 11) is 0. The van der Waals surface area contributed by atoms with E-state index in [1.54, 1.807) is 0 Å². The molecule has 3 amide bonds. The Kier molecular flexibility index (Phi) is 10.7. The summed E-state index contributed by atoms with van der Waals surface area (Å²) in [6.45, 7) is 7.50. The molecule has 0 saturated carbocycles. The highest BCUT2D eigenvalue weighted by Crippen LogP contribution is 2.26. The van der Waals surface area contributed by atoms with Gasteiger partial charge in [-0.05, 0) is 50.0 Å².